The molecule has 1 saturated carbocycles. The van der Waals surface area contributed by atoms with Crippen molar-refractivity contribution in [3.63, 3.8) is 0 Å². The summed E-state index contributed by atoms with van der Waals surface area (Å²) in [5.41, 5.74) is 0. The minimum absolute atomic E-state index is 0.420. The maximum absolute atomic E-state index is 6.39. The van der Waals surface area contributed by atoms with Gasteiger partial charge in [-0.05, 0) is 64.7 Å². The number of rotatable bonds is 5. The van der Waals surface area contributed by atoms with Crippen molar-refractivity contribution in [1.82, 2.24) is 10.2 Å². The fourth-order valence-corrected chi connectivity index (χ4v) is 3.83. The lowest BCUT2D eigenvalue weighted by Crippen LogP contribution is -2.39. The molecule has 1 heterocycles. The third kappa shape index (κ3) is 4.40. The van der Waals surface area contributed by atoms with E-state index in [0.717, 1.165) is 19.1 Å². The zero-order valence-electron chi connectivity index (χ0n) is 11.8. The molecule has 18 heavy (non-hydrogen) atoms. The number of piperidine rings is 1. The summed E-state index contributed by atoms with van der Waals surface area (Å²) in [7, 11) is 2.28. The Kier molecular flexibility index (Phi) is 6.26. The number of likely N-dealkylation sites (tertiary alicyclic amines) is 1. The second-order valence-electron chi connectivity index (χ2n) is 6.18. The molecule has 2 aliphatic rings. The van der Waals surface area contributed by atoms with E-state index >= 15 is 0 Å². The summed E-state index contributed by atoms with van der Waals surface area (Å²) in [5.74, 6) is 0.713. The Bertz CT molecular complexity index is 211. The van der Waals surface area contributed by atoms with E-state index in [4.69, 9.17) is 11.6 Å². The van der Waals surface area contributed by atoms with Crippen molar-refractivity contribution in [1.29, 1.82) is 0 Å². The number of hydrogen-bond donors (Lipinski definition) is 1. The minimum atomic E-state index is 0.420. The number of nitrogens with one attached hydrogen (secondary N) is 1. The highest BCUT2D eigenvalue weighted by molar-refractivity contribution is 6.20. The van der Waals surface area contributed by atoms with Crippen LogP contribution in [0, 0.1) is 5.92 Å². The molecule has 2 fully saturated rings. The fourth-order valence-electron chi connectivity index (χ4n) is 3.46. The zero-order chi connectivity index (χ0) is 12.8. The van der Waals surface area contributed by atoms with Crippen LogP contribution in [0.5, 0.6) is 0 Å². The van der Waals surface area contributed by atoms with Gasteiger partial charge < -0.3 is 10.2 Å². The summed E-state index contributed by atoms with van der Waals surface area (Å²) in [6, 6.07) is 0.810. The highest BCUT2D eigenvalue weighted by atomic mass is 35.5. The number of halogens is 1. The van der Waals surface area contributed by atoms with Crippen LogP contribution in [0.4, 0.5) is 0 Å². The van der Waals surface area contributed by atoms with Crippen molar-refractivity contribution in [3.05, 3.63) is 0 Å². The Morgan fingerprint density at radius 1 is 1.11 bits per heavy atom. The zero-order valence-corrected chi connectivity index (χ0v) is 12.6. The van der Waals surface area contributed by atoms with Gasteiger partial charge in [-0.15, -0.1) is 11.6 Å². The molecule has 0 aromatic rings. The van der Waals surface area contributed by atoms with Crippen LogP contribution in [-0.2, 0) is 0 Å². The largest absolute Gasteiger partial charge is 0.316 e. The maximum atomic E-state index is 6.39. The van der Waals surface area contributed by atoms with Crippen molar-refractivity contribution in [2.75, 3.05) is 26.7 Å². The monoisotopic (exact) mass is 272 g/mol. The lowest BCUT2D eigenvalue weighted by Gasteiger charge is -2.33. The molecule has 3 heteroatoms. The van der Waals surface area contributed by atoms with Crippen molar-refractivity contribution in [2.24, 2.45) is 5.92 Å². The molecule has 1 aliphatic carbocycles. The quantitative estimate of drug-likeness (QED) is 0.611. The topological polar surface area (TPSA) is 15.3 Å². The van der Waals surface area contributed by atoms with Gasteiger partial charge in [0.1, 0.15) is 0 Å². The molecular weight excluding hydrogens is 244 g/mol. The van der Waals surface area contributed by atoms with E-state index in [9.17, 15) is 0 Å². The van der Waals surface area contributed by atoms with E-state index < -0.39 is 0 Å². The molecule has 0 aromatic carbocycles. The number of hydrogen-bond acceptors (Lipinski definition) is 2. The number of alkyl halides is 1. The molecule has 2 nitrogen and oxygen atoms in total. The van der Waals surface area contributed by atoms with Gasteiger partial charge in [0, 0.05) is 11.4 Å². The molecule has 0 aromatic heterocycles. The molecule has 0 spiro atoms. The normalized spacial score (nSPS) is 34.7. The van der Waals surface area contributed by atoms with E-state index in [1.54, 1.807) is 0 Å². The second-order valence-corrected chi connectivity index (χ2v) is 6.74. The average molecular weight is 273 g/mol. The first kappa shape index (κ1) is 14.6. The molecule has 1 aliphatic heterocycles. The third-order valence-electron chi connectivity index (χ3n) is 4.80. The molecule has 106 valence electrons. The van der Waals surface area contributed by atoms with Gasteiger partial charge in [0.05, 0.1) is 0 Å². The van der Waals surface area contributed by atoms with Crippen molar-refractivity contribution in [2.45, 2.75) is 62.8 Å². The van der Waals surface area contributed by atoms with Crippen LogP contribution in [-0.4, -0.2) is 43.0 Å². The van der Waals surface area contributed by atoms with Crippen LogP contribution >= 0.6 is 11.6 Å². The summed E-state index contributed by atoms with van der Waals surface area (Å²) in [4.78, 5) is 2.54. The Morgan fingerprint density at radius 2 is 1.89 bits per heavy atom. The average Bonchev–Trinajstić information content (AvgIpc) is 2.38. The summed E-state index contributed by atoms with van der Waals surface area (Å²) in [6.45, 7) is 3.58. The van der Waals surface area contributed by atoms with Gasteiger partial charge >= 0.3 is 0 Å². The van der Waals surface area contributed by atoms with Crippen LogP contribution in [0.3, 0.4) is 0 Å². The van der Waals surface area contributed by atoms with E-state index in [2.05, 4.69) is 17.3 Å². The molecule has 0 bridgehead atoms. The first-order valence-electron chi connectivity index (χ1n) is 7.82. The minimum Gasteiger partial charge on any atom is -0.316 e. The molecule has 0 amide bonds. The van der Waals surface area contributed by atoms with Gasteiger partial charge in [0.2, 0.25) is 0 Å². The second kappa shape index (κ2) is 7.72. The van der Waals surface area contributed by atoms with Crippen LogP contribution in [0.25, 0.3) is 0 Å². The Hall–Kier alpha value is 0.210. The van der Waals surface area contributed by atoms with Gasteiger partial charge in [-0.3, -0.25) is 0 Å². The Balaban J connectivity index is 1.57. The van der Waals surface area contributed by atoms with Crippen LogP contribution in [0.2, 0.25) is 0 Å². The summed E-state index contributed by atoms with van der Waals surface area (Å²) < 4.78 is 0. The smallest absolute Gasteiger partial charge is 0.0376 e. The van der Waals surface area contributed by atoms with Crippen molar-refractivity contribution < 1.29 is 0 Å². The number of nitrogens with zero attached hydrogens (tertiary/aromatic N) is 1. The molecular formula is C15H29ClN2. The Labute approximate surface area is 117 Å². The van der Waals surface area contributed by atoms with Crippen LogP contribution in [0.15, 0.2) is 0 Å². The van der Waals surface area contributed by atoms with Gasteiger partial charge in [-0.1, -0.05) is 19.3 Å². The molecule has 1 N–H and O–H groups in total. The summed E-state index contributed by atoms with van der Waals surface area (Å²) in [5, 5.41) is 4.06. The summed E-state index contributed by atoms with van der Waals surface area (Å²) >= 11 is 6.39. The van der Waals surface area contributed by atoms with Gasteiger partial charge in [0.25, 0.3) is 0 Å². The third-order valence-corrected chi connectivity index (χ3v) is 5.37. The molecule has 1 saturated heterocycles. The lowest BCUT2D eigenvalue weighted by molar-refractivity contribution is 0.174. The maximum Gasteiger partial charge on any atom is 0.0376 e. The van der Waals surface area contributed by atoms with Crippen LogP contribution in [0.1, 0.15) is 51.4 Å². The molecule has 2 rings (SSSR count). The van der Waals surface area contributed by atoms with E-state index in [-0.39, 0.29) is 0 Å². The van der Waals surface area contributed by atoms with E-state index in [1.807, 2.05) is 0 Å². The highest BCUT2D eigenvalue weighted by Gasteiger charge is 2.23. The molecule has 0 radical (unpaired) electrons. The predicted octanol–water partition coefficient (Wildman–Crippen LogP) is 3.25. The first-order valence-corrected chi connectivity index (χ1v) is 8.26. The van der Waals surface area contributed by atoms with Gasteiger partial charge in [0.15, 0.2) is 0 Å². The van der Waals surface area contributed by atoms with Gasteiger partial charge in [-0.25, -0.2) is 0 Å². The van der Waals surface area contributed by atoms with Crippen LogP contribution < -0.4 is 5.32 Å². The lowest BCUT2D eigenvalue weighted by atomic mass is 9.88. The first-order chi connectivity index (χ1) is 8.77. The van der Waals surface area contributed by atoms with Crippen molar-refractivity contribution >= 4 is 11.6 Å². The van der Waals surface area contributed by atoms with Gasteiger partial charge in [-0.2, -0.15) is 0 Å². The predicted molar refractivity (Wildman–Crippen MR) is 79.4 cm³/mol. The fraction of sp³-hybridized carbons (Fsp3) is 1.00. The standard InChI is InChI=1S/C15H29ClN2/c1-18-11-5-4-7-14(18)9-10-17-12-13-6-2-3-8-15(13)16/h13-15,17H,2-12H2,1H3. The SMILES string of the molecule is CN1CCCCC1CCNCC1CCCCC1Cl. The molecule has 3 atom stereocenters. The van der Waals surface area contributed by atoms with E-state index in [0.29, 0.717) is 11.3 Å². The highest BCUT2D eigenvalue weighted by Crippen LogP contribution is 2.28. The molecule has 3 unspecified atom stereocenters. The van der Waals surface area contributed by atoms with Crippen molar-refractivity contribution in [3.8, 4) is 0 Å². The Morgan fingerprint density at radius 3 is 2.67 bits per heavy atom. The van der Waals surface area contributed by atoms with E-state index in [1.165, 1.54) is 57.9 Å². The summed E-state index contributed by atoms with van der Waals surface area (Å²) in [6.07, 6.45) is 10.7.